The first-order valence-corrected chi connectivity index (χ1v) is 11.4. The molecule has 0 saturated heterocycles. The van der Waals surface area contributed by atoms with Crippen LogP contribution in [0.3, 0.4) is 0 Å². The van der Waals surface area contributed by atoms with E-state index in [1.54, 1.807) is 65.5 Å². The molecule has 1 fully saturated rings. The molecule has 3 aliphatic rings. The number of aromatic nitrogens is 3. The lowest BCUT2D eigenvalue weighted by atomic mass is 9.78. The first-order valence-electron chi connectivity index (χ1n) is 11.4. The highest BCUT2D eigenvalue weighted by molar-refractivity contribution is 5.91. The van der Waals surface area contributed by atoms with E-state index in [1.165, 1.54) is 0 Å². The molecule has 5 nitrogen and oxygen atoms in total. The van der Waals surface area contributed by atoms with Crippen molar-refractivity contribution in [3.8, 4) is 11.3 Å². The number of hydrogen-bond donors (Lipinski definition) is 0. The fourth-order valence-corrected chi connectivity index (χ4v) is 7.18. The summed E-state index contributed by atoms with van der Waals surface area (Å²) in [6, 6.07) is 4.17. The summed E-state index contributed by atoms with van der Waals surface area (Å²) in [5.74, 6) is -3.93. The van der Waals surface area contributed by atoms with E-state index >= 15 is 8.78 Å². The van der Waals surface area contributed by atoms with E-state index in [9.17, 15) is 18.0 Å². The molecule has 3 aromatic rings. The van der Waals surface area contributed by atoms with Gasteiger partial charge in [0.05, 0.1) is 12.6 Å². The van der Waals surface area contributed by atoms with E-state index in [-0.39, 0.29) is 28.9 Å². The number of esters is 1. The van der Waals surface area contributed by atoms with Gasteiger partial charge in [-0.3, -0.25) is 0 Å². The summed E-state index contributed by atoms with van der Waals surface area (Å²) < 4.78 is 83.3. The molecule has 35 heavy (non-hydrogen) atoms. The lowest BCUT2D eigenvalue weighted by Gasteiger charge is -2.27. The van der Waals surface area contributed by atoms with Crippen molar-refractivity contribution in [2.75, 3.05) is 0 Å². The van der Waals surface area contributed by atoms with Crippen LogP contribution < -0.4 is 9.13 Å². The van der Waals surface area contributed by atoms with Gasteiger partial charge in [-0.2, -0.15) is 22.3 Å². The Kier molecular flexibility index (Phi) is 3.98. The van der Waals surface area contributed by atoms with Crippen molar-refractivity contribution in [3.05, 3.63) is 70.9 Å². The Hall–Kier alpha value is -3.30. The number of alkyl halides is 3. The van der Waals surface area contributed by atoms with Gasteiger partial charge in [0.25, 0.3) is 11.2 Å². The number of imidazole rings is 1. The fraction of sp³-hybridized carbons (Fsp3) is 0.400. The normalized spacial score (nSPS) is 27.9. The van der Waals surface area contributed by atoms with E-state index in [1.807, 2.05) is 6.92 Å². The molecule has 1 saturated carbocycles. The van der Waals surface area contributed by atoms with Crippen LogP contribution in [-0.4, -0.2) is 10.5 Å². The number of pyridine rings is 1. The summed E-state index contributed by atoms with van der Waals surface area (Å²) in [6.07, 6.45) is 0.398. The minimum Gasteiger partial charge on any atom is -0.405 e. The lowest BCUT2D eigenvalue weighted by Crippen LogP contribution is -2.56. The van der Waals surface area contributed by atoms with Crippen molar-refractivity contribution in [2.24, 2.45) is 7.05 Å². The summed E-state index contributed by atoms with van der Waals surface area (Å²) in [5.41, 5.74) is -4.65. The standard InChI is InChI=1S/C25H22F5N3O2/c1-5-22-14-10-15(26)19(24(28,29)30)20(27)18(14)16-9-13(3)7-8-32(16)23(22,6-2)25(22)33-12-31(4)11-17(33)21(34)35-25/h7-12H,5-6H2,1-4H3/q+2. The number of carbonyl (C=O) groups excluding carboxylic acids is 1. The largest absolute Gasteiger partial charge is 0.422 e. The first-order chi connectivity index (χ1) is 16.4. The number of rotatable bonds is 2. The second-order valence-electron chi connectivity index (χ2n) is 9.60. The summed E-state index contributed by atoms with van der Waals surface area (Å²) in [5, 5.41) is 0. The number of hydrogen-bond acceptors (Lipinski definition) is 2. The number of carbonyl (C=O) groups is 1. The second-order valence-corrected chi connectivity index (χ2v) is 9.60. The topological polar surface area (TPSA) is 39.0 Å². The van der Waals surface area contributed by atoms with Crippen LogP contribution in [0.4, 0.5) is 22.0 Å². The summed E-state index contributed by atoms with van der Waals surface area (Å²) in [6.45, 7) is 5.42. The molecule has 6 rings (SSSR count). The zero-order valence-corrected chi connectivity index (χ0v) is 19.4. The summed E-state index contributed by atoms with van der Waals surface area (Å²) >= 11 is 0. The van der Waals surface area contributed by atoms with Gasteiger partial charge in [-0.15, -0.1) is 0 Å². The molecule has 182 valence electrons. The van der Waals surface area contributed by atoms with Gasteiger partial charge in [-0.25, -0.2) is 18.1 Å². The number of aryl methyl sites for hydroxylation is 2. The fourth-order valence-electron chi connectivity index (χ4n) is 7.18. The van der Waals surface area contributed by atoms with Crippen LogP contribution >= 0.6 is 0 Å². The third kappa shape index (κ3) is 2.10. The molecule has 3 atom stereocenters. The number of ether oxygens (including phenoxy) is 1. The number of fused-ring (bicyclic) bond motifs is 10. The number of benzene rings is 1. The van der Waals surface area contributed by atoms with Crippen molar-refractivity contribution in [1.82, 2.24) is 4.57 Å². The maximum absolute atomic E-state index is 15.8. The Morgan fingerprint density at radius 1 is 1.14 bits per heavy atom. The van der Waals surface area contributed by atoms with Crippen LogP contribution in [-0.2, 0) is 34.6 Å². The molecule has 4 heterocycles. The van der Waals surface area contributed by atoms with Crippen LogP contribution in [0.15, 0.2) is 36.9 Å². The van der Waals surface area contributed by atoms with Gasteiger partial charge >= 0.3 is 17.9 Å². The average molecular weight is 491 g/mol. The number of halogens is 5. The van der Waals surface area contributed by atoms with Crippen molar-refractivity contribution in [2.45, 2.75) is 56.5 Å². The van der Waals surface area contributed by atoms with Crippen LogP contribution in [0.5, 0.6) is 0 Å². The van der Waals surface area contributed by atoms with Gasteiger partial charge in [-0.05, 0) is 30.5 Å². The minimum atomic E-state index is -5.22. The monoisotopic (exact) mass is 491 g/mol. The van der Waals surface area contributed by atoms with E-state index in [4.69, 9.17) is 4.74 Å². The molecule has 0 amide bonds. The molecule has 1 spiro atoms. The third-order valence-corrected chi connectivity index (χ3v) is 8.24. The Morgan fingerprint density at radius 2 is 1.86 bits per heavy atom. The van der Waals surface area contributed by atoms with Gasteiger partial charge in [0.2, 0.25) is 12.0 Å². The SMILES string of the molecule is CCC12c3cc(F)c(C(F)(F)F)c(F)c3-c3cc(C)cc[n+]3C1(CC)C21OC(=O)c2c[n+](C)cn21. The molecular weight excluding hydrogens is 469 g/mol. The van der Waals surface area contributed by atoms with Crippen molar-refractivity contribution < 1.29 is 40.6 Å². The molecule has 3 unspecified atom stereocenters. The Balaban J connectivity index is 1.82. The molecule has 2 aromatic heterocycles. The van der Waals surface area contributed by atoms with E-state index in [2.05, 4.69) is 0 Å². The van der Waals surface area contributed by atoms with Crippen LogP contribution in [0.25, 0.3) is 11.3 Å². The van der Waals surface area contributed by atoms with Crippen molar-refractivity contribution >= 4 is 5.97 Å². The molecular formula is C25H22F5N3O2+2. The van der Waals surface area contributed by atoms with E-state index in [0.29, 0.717) is 12.0 Å². The average Bonchev–Trinajstić information content (AvgIpc) is 2.93. The highest BCUT2D eigenvalue weighted by Gasteiger charge is 3.04. The molecule has 0 N–H and O–H groups in total. The van der Waals surface area contributed by atoms with Crippen molar-refractivity contribution in [3.63, 3.8) is 0 Å². The Labute approximate surface area is 197 Å². The smallest absolute Gasteiger partial charge is 0.405 e. The first kappa shape index (κ1) is 22.2. The van der Waals surface area contributed by atoms with Gasteiger partial charge in [-0.1, -0.05) is 13.8 Å². The third-order valence-electron chi connectivity index (χ3n) is 8.24. The zero-order chi connectivity index (χ0) is 25.3. The molecule has 1 aliphatic carbocycles. The lowest BCUT2D eigenvalue weighted by molar-refractivity contribution is -0.744. The predicted octanol–water partition coefficient (Wildman–Crippen LogP) is 4.18. The van der Waals surface area contributed by atoms with Crippen molar-refractivity contribution in [1.29, 1.82) is 0 Å². The van der Waals surface area contributed by atoms with E-state index < -0.39 is 46.0 Å². The summed E-state index contributed by atoms with van der Waals surface area (Å²) in [7, 11) is 1.74. The van der Waals surface area contributed by atoms with Crippen LogP contribution in [0, 0.1) is 18.6 Å². The Morgan fingerprint density at radius 3 is 2.49 bits per heavy atom. The molecule has 0 radical (unpaired) electrons. The highest BCUT2D eigenvalue weighted by Crippen LogP contribution is 2.80. The molecule has 0 bridgehead atoms. The Bertz CT molecular complexity index is 1480. The van der Waals surface area contributed by atoms with Crippen LogP contribution in [0.2, 0.25) is 0 Å². The second kappa shape index (κ2) is 6.27. The maximum atomic E-state index is 15.8. The highest BCUT2D eigenvalue weighted by atomic mass is 19.4. The quantitative estimate of drug-likeness (QED) is 0.307. The molecule has 2 aliphatic heterocycles. The van der Waals surface area contributed by atoms with Gasteiger partial charge < -0.3 is 4.74 Å². The molecule has 1 aromatic carbocycles. The van der Waals surface area contributed by atoms with Gasteiger partial charge in [0, 0.05) is 18.6 Å². The van der Waals surface area contributed by atoms with E-state index in [0.717, 1.165) is 6.07 Å². The number of nitrogens with zero attached hydrogens (tertiary/aromatic N) is 3. The van der Waals surface area contributed by atoms with Crippen LogP contribution in [0.1, 0.15) is 53.9 Å². The zero-order valence-electron chi connectivity index (χ0n) is 19.4. The van der Waals surface area contributed by atoms with Gasteiger partial charge in [0.15, 0.2) is 17.4 Å². The maximum Gasteiger partial charge on any atom is 0.422 e. The molecule has 10 heteroatoms. The summed E-state index contributed by atoms with van der Waals surface area (Å²) in [4.78, 5) is 13.0. The van der Waals surface area contributed by atoms with Gasteiger partial charge in [0.1, 0.15) is 17.6 Å². The predicted molar refractivity (Wildman–Crippen MR) is 111 cm³/mol. The minimum absolute atomic E-state index is 0.0763.